The first-order valence-electron chi connectivity index (χ1n) is 11.6. The molecule has 1 unspecified atom stereocenters. The van der Waals surface area contributed by atoms with E-state index in [1.165, 1.54) is 0 Å². The van der Waals surface area contributed by atoms with Gasteiger partial charge in [-0.25, -0.2) is 9.59 Å². The topological polar surface area (TPSA) is 91.9 Å². The maximum absolute atomic E-state index is 13.0. The summed E-state index contributed by atoms with van der Waals surface area (Å²) in [6, 6.07) is 13.6. The van der Waals surface area contributed by atoms with Gasteiger partial charge in [0.15, 0.2) is 5.11 Å². The van der Waals surface area contributed by atoms with Crippen LogP contribution in [0.5, 0.6) is 5.75 Å². The van der Waals surface area contributed by atoms with Crippen LogP contribution >= 0.6 is 12.2 Å². The van der Waals surface area contributed by atoms with Gasteiger partial charge in [0, 0.05) is 23.6 Å². The van der Waals surface area contributed by atoms with E-state index in [2.05, 4.69) is 16.0 Å². The Labute approximate surface area is 211 Å². The van der Waals surface area contributed by atoms with Crippen molar-refractivity contribution in [2.75, 3.05) is 23.8 Å². The zero-order valence-electron chi connectivity index (χ0n) is 20.7. The Morgan fingerprint density at radius 2 is 1.60 bits per heavy atom. The molecular formula is C26H32N4O4S. The average Bonchev–Trinajstić information content (AvgIpc) is 2.80. The van der Waals surface area contributed by atoms with E-state index in [0.717, 1.165) is 17.0 Å². The molecule has 1 atom stereocenters. The van der Waals surface area contributed by atoms with E-state index in [1.807, 2.05) is 51.7 Å². The predicted octanol–water partition coefficient (Wildman–Crippen LogP) is 5.21. The fraction of sp³-hybridized carbons (Fsp3) is 0.346. The van der Waals surface area contributed by atoms with Gasteiger partial charge in [-0.2, -0.15) is 0 Å². The summed E-state index contributed by atoms with van der Waals surface area (Å²) in [5.41, 5.74) is 3.37. The van der Waals surface area contributed by atoms with Crippen molar-refractivity contribution in [3.63, 3.8) is 0 Å². The molecule has 0 spiro atoms. The number of anilines is 2. The van der Waals surface area contributed by atoms with E-state index in [1.54, 1.807) is 36.4 Å². The number of allylic oxidation sites excluding steroid dienone is 1. The number of ether oxygens (including phenoxy) is 2. The fourth-order valence-corrected chi connectivity index (χ4v) is 4.19. The molecule has 2 aromatic rings. The fourth-order valence-electron chi connectivity index (χ4n) is 3.81. The Hall–Kier alpha value is -3.59. The van der Waals surface area contributed by atoms with E-state index >= 15 is 0 Å². The van der Waals surface area contributed by atoms with E-state index in [-0.39, 0.29) is 18.1 Å². The smallest absolute Gasteiger partial charge is 0.338 e. The third-order valence-corrected chi connectivity index (χ3v) is 5.74. The van der Waals surface area contributed by atoms with Crippen LogP contribution in [0.15, 0.2) is 59.8 Å². The van der Waals surface area contributed by atoms with E-state index in [9.17, 15) is 9.59 Å². The van der Waals surface area contributed by atoms with Crippen molar-refractivity contribution < 1.29 is 19.1 Å². The minimum Gasteiger partial charge on any atom is -0.494 e. The highest BCUT2D eigenvalue weighted by Crippen LogP contribution is 2.32. The lowest BCUT2D eigenvalue weighted by atomic mass is 9.94. The largest absolute Gasteiger partial charge is 0.494 e. The van der Waals surface area contributed by atoms with Crippen LogP contribution < -0.4 is 20.7 Å². The van der Waals surface area contributed by atoms with Crippen LogP contribution in [0, 0.1) is 0 Å². The van der Waals surface area contributed by atoms with Crippen molar-refractivity contribution in [2.24, 2.45) is 0 Å². The maximum atomic E-state index is 13.0. The molecule has 0 aromatic heterocycles. The monoisotopic (exact) mass is 496 g/mol. The summed E-state index contributed by atoms with van der Waals surface area (Å²) in [5, 5.41) is 9.42. The quantitative estimate of drug-likeness (QED) is 0.341. The van der Waals surface area contributed by atoms with Gasteiger partial charge in [-0.3, -0.25) is 0 Å². The molecule has 0 saturated heterocycles. The zero-order valence-corrected chi connectivity index (χ0v) is 21.5. The Balaban J connectivity index is 1.74. The standard InChI is InChI=1S/C26H32N4O4S/c1-6-30-17(5)22(24(31)34-16(3)4)23(29-26(30)35)18-8-10-19(11-9-18)27-25(32)28-20-12-14-21(15-13-20)33-7-2/h8-16,23H,6-7H2,1-5H3,(H,29,35)(H2,27,28,32). The molecule has 0 bridgehead atoms. The number of urea groups is 1. The molecule has 1 aliphatic rings. The minimum atomic E-state index is -0.455. The number of nitrogens with one attached hydrogen (secondary N) is 3. The van der Waals surface area contributed by atoms with Crippen molar-refractivity contribution in [1.29, 1.82) is 0 Å². The lowest BCUT2D eigenvalue weighted by molar-refractivity contribution is -0.143. The first kappa shape index (κ1) is 26.0. The summed E-state index contributed by atoms with van der Waals surface area (Å²) in [4.78, 5) is 27.3. The van der Waals surface area contributed by atoms with Gasteiger partial charge in [-0.05, 0) is 88.8 Å². The number of hydrogen-bond donors (Lipinski definition) is 3. The summed E-state index contributed by atoms with van der Waals surface area (Å²) >= 11 is 5.53. The van der Waals surface area contributed by atoms with Crippen LogP contribution in [0.2, 0.25) is 0 Å². The molecule has 2 aromatic carbocycles. The molecule has 0 fully saturated rings. The van der Waals surface area contributed by atoms with Crippen LogP contribution in [-0.2, 0) is 9.53 Å². The second kappa shape index (κ2) is 11.7. The Morgan fingerprint density at radius 3 is 2.11 bits per heavy atom. The molecular weight excluding hydrogens is 464 g/mol. The lowest BCUT2D eigenvalue weighted by Gasteiger charge is -2.37. The van der Waals surface area contributed by atoms with Crippen molar-refractivity contribution in [3.8, 4) is 5.75 Å². The molecule has 0 aliphatic carbocycles. The summed E-state index contributed by atoms with van der Waals surface area (Å²) in [5.74, 6) is 0.362. The molecule has 1 aliphatic heterocycles. The number of carbonyl (C=O) groups is 2. The van der Waals surface area contributed by atoms with Crippen LogP contribution in [0.25, 0.3) is 0 Å². The SMILES string of the molecule is CCOc1ccc(NC(=O)Nc2ccc(C3NC(=S)N(CC)C(C)=C3C(=O)OC(C)C)cc2)cc1. The molecule has 0 radical (unpaired) electrons. The number of carbonyl (C=O) groups excluding carboxylic acids is 2. The molecule has 186 valence electrons. The van der Waals surface area contributed by atoms with E-state index in [0.29, 0.717) is 35.2 Å². The number of benzene rings is 2. The normalized spacial score (nSPS) is 15.5. The highest BCUT2D eigenvalue weighted by Gasteiger charge is 2.34. The summed E-state index contributed by atoms with van der Waals surface area (Å²) in [7, 11) is 0. The zero-order chi connectivity index (χ0) is 25.5. The lowest BCUT2D eigenvalue weighted by Crippen LogP contribution is -2.47. The van der Waals surface area contributed by atoms with Crippen LogP contribution in [0.1, 0.15) is 46.2 Å². The highest BCUT2D eigenvalue weighted by molar-refractivity contribution is 7.80. The molecule has 1 heterocycles. The van der Waals surface area contributed by atoms with Gasteiger partial charge in [0.25, 0.3) is 0 Å². The summed E-state index contributed by atoms with van der Waals surface area (Å²) in [6.07, 6.45) is -0.243. The number of thiocarbonyl (C=S) groups is 1. The molecule has 2 amide bonds. The van der Waals surface area contributed by atoms with Gasteiger partial charge in [-0.1, -0.05) is 12.1 Å². The number of hydrogen-bond acceptors (Lipinski definition) is 5. The Morgan fingerprint density at radius 1 is 1.03 bits per heavy atom. The minimum absolute atomic E-state index is 0.243. The van der Waals surface area contributed by atoms with Crippen molar-refractivity contribution in [2.45, 2.75) is 46.8 Å². The summed E-state index contributed by atoms with van der Waals surface area (Å²) in [6.45, 7) is 10.6. The van der Waals surface area contributed by atoms with Crippen LogP contribution in [0.3, 0.4) is 0 Å². The first-order chi connectivity index (χ1) is 16.7. The number of nitrogens with zero attached hydrogens (tertiary/aromatic N) is 1. The maximum Gasteiger partial charge on any atom is 0.338 e. The average molecular weight is 497 g/mol. The van der Waals surface area contributed by atoms with Gasteiger partial charge < -0.3 is 30.3 Å². The van der Waals surface area contributed by atoms with Crippen LogP contribution in [0.4, 0.5) is 16.2 Å². The van der Waals surface area contributed by atoms with Gasteiger partial charge in [0.2, 0.25) is 0 Å². The third-order valence-electron chi connectivity index (χ3n) is 5.40. The Bertz CT molecular complexity index is 1100. The van der Waals surface area contributed by atoms with Gasteiger partial charge >= 0.3 is 12.0 Å². The Kier molecular flexibility index (Phi) is 8.70. The first-order valence-corrected chi connectivity index (χ1v) is 12.0. The number of amides is 2. The third kappa shape index (κ3) is 6.51. The van der Waals surface area contributed by atoms with Crippen molar-refractivity contribution >= 4 is 40.7 Å². The second-order valence-electron chi connectivity index (χ2n) is 8.24. The van der Waals surface area contributed by atoms with E-state index < -0.39 is 6.04 Å². The highest BCUT2D eigenvalue weighted by atomic mass is 32.1. The van der Waals surface area contributed by atoms with Gasteiger partial charge in [-0.15, -0.1) is 0 Å². The molecule has 3 N–H and O–H groups in total. The summed E-state index contributed by atoms with van der Waals surface area (Å²) < 4.78 is 10.9. The molecule has 9 heteroatoms. The van der Waals surface area contributed by atoms with Crippen molar-refractivity contribution in [1.82, 2.24) is 10.2 Å². The van der Waals surface area contributed by atoms with Gasteiger partial charge in [0.1, 0.15) is 5.75 Å². The molecule has 8 nitrogen and oxygen atoms in total. The van der Waals surface area contributed by atoms with Crippen LogP contribution in [-0.4, -0.2) is 41.3 Å². The second-order valence-corrected chi connectivity index (χ2v) is 8.63. The molecule has 35 heavy (non-hydrogen) atoms. The van der Waals surface area contributed by atoms with Crippen molar-refractivity contribution in [3.05, 3.63) is 65.4 Å². The molecule has 3 rings (SSSR count). The molecule has 0 saturated carbocycles. The van der Waals surface area contributed by atoms with Gasteiger partial charge in [0.05, 0.1) is 24.3 Å². The number of esters is 1. The number of rotatable bonds is 8. The van der Waals surface area contributed by atoms with E-state index in [4.69, 9.17) is 21.7 Å². The predicted molar refractivity (Wildman–Crippen MR) is 141 cm³/mol.